The number of hydrogen-bond donors (Lipinski definition) is 2. The zero-order valence-corrected chi connectivity index (χ0v) is 18.8. The predicted octanol–water partition coefficient (Wildman–Crippen LogP) is 1.39. The van der Waals surface area contributed by atoms with Gasteiger partial charge in [0.1, 0.15) is 4.90 Å². The van der Waals surface area contributed by atoms with E-state index < -0.39 is 10.0 Å². The largest absolute Gasteiger partial charge is 0.493 e. The van der Waals surface area contributed by atoms with Crippen molar-refractivity contribution in [2.45, 2.75) is 18.4 Å². The van der Waals surface area contributed by atoms with Crippen LogP contribution in [0.1, 0.15) is 11.1 Å². The van der Waals surface area contributed by atoms with E-state index in [2.05, 4.69) is 20.0 Å². The van der Waals surface area contributed by atoms with Crippen LogP contribution in [0.2, 0.25) is 0 Å². The second kappa shape index (κ2) is 10.8. The van der Waals surface area contributed by atoms with E-state index in [1.165, 1.54) is 18.5 Å². The van der Waals surface area contributed by atoms with Crippen molar-refractivity contribution in [1.29, 1.82) is 0 Å². The third kappa shape index (κ3) is 6.07. The summed E-state index contributed by atoms with van der Waals surface area (Å²) in [5.41, 5.74) is 2.13. The number of benzene rings is 1. The number of nitrogens with one attached hydrogen (secondary N) is 2. The van der Waals surface area contributed by atoms with Crippen molar-refractivity contribution < 1.29 is 17.9 Å². The topological polar surface area (TPSA) is 105 Å². The predicted molar refractivity (Wildman–Crippen MR) is 117 cm³/mol. The molecular weight excluding hydrogens is 406 g/mol. The molecule has 0 aliphatic carbocycles. The number of ether oxygens (including phenoxy) is 2. The molecule has 1 aromatic heterocycles. The van der Waals surface area contributed by atoms with Gasteiger partial charge in [-0.15, -0.1) is 0 Å². The first-order valence-electron chi connectivity index (χ1n) is 9.35. The number of hydrogen-bond acceptors (Lipinski definition) is 6. The van der Waals surface area contributed by atoms with Crippen LogP contribution >= 0.6 is 0 Å². The second-order valence-electron chi connectivity index (χ2n) is 6.55. The fourth-order valence-electron chi connectivity index (χ4n) is 2.86. The fourth-order valence-corrected chi connectivity index (χ4v) is 3.85. The SMILES string of the molecule is CN=C(NCCNS(=O)(=O)c1cccnc1)N(C)Cc1cc(OC)c(OC)cc1C. The number of aliphatic imine (C=N–C) groups is 1. The van der Waals surface area contributed by atoms with E-state index in [4.69, 9.17) is 9.47 Å². The lowest BCUT2D eigenvalue weighted by Crippen LogP contribution is -2.42. The minimum atomic E-state index is -3.59. The highest BCUT2D eigenvalue weighted by atomic mass is 32.2. The fraction of sp³-hybridized carbons (Fsp3) is 0.400. The quantitative estimate of drug-likeness (QED) is 0.348. The number of sulfonamides is 1. The Morgan fingerprint density at radius 2 is 1.90 bits per heavy atom. The molecule has 0 fully saturated rings. The van der Waals surface area contributed by atoms with Gasteiger partial charge in [-0.05, 0) is 42.3 Å². The Morgan fingerprint density at radius 1 is 1.20 bits per heavy atom. The highest BCUT2D eigenvalue weighted by Crippen LogP contribution is 2.30. The van der Waals surface area contributed by atoms with Crippen LogP contribution in [-0.4, -0.2) is 65.7 Å². The molecule has 0 saturated heterocycles. The smallest absolute Gasteiger partial charge is 0.242 e. The van der Waals surface area contributed by atoms with Crippen LogP contribution < -0.4 is 19.5 Å². The van der Waals surface area contributed by atoms with Gasteiger partial charge in [-0.25, -0.2) is 13.1 Å². The van der Waals surface area contributed by atoms with Crippen LogP contribution in [0.4, 0.5) is 0 Å². The molecule has 0 radical (unpaired) electrons. The molecule has 0 atom stereocenters. The van der Waals surface area contributed by atoms with Crippen molar-refractivity contribution in [1.82, 2.24) is 19.9 Å². The van der Waals surface area contributed by atoms with E-state index in [9.17, 15) is 8.42 Å². The lowest BCUT2D eigenvalue weighted by atomic mass is 10.1. The lowest BCUT2D eigenvalue weighted by molar-refractivity contribution is 0.353. The first kappa shape index (κ1) is 23.4. The van der Waals surface area contributed by atoms with Gasteiger partial charge in [0.2, 0.25) is 10.0 Å². The maximum Gasteiger partial charge on any atom is 0.242 e. The highest BCUT2D eigenvalue weighted by Gasteiger charge is 2.14. The third-order valence-electron chi connectivity index (χ3n) is 4.47. The van der Waals surface area contributed by atoms with Crippen molar-refractivity contribution in [3.8, 4) is 11.5 Å². The zero-order valence-electron chi connectivity index (χ0n) is 18.0. The molecule has 1 aromatic carbocycles. The summed E-state index contributed by atoms with van der Waals surface area (Å²) in [7, 11) is 3.22. The van der Waals surface area contributed by atoms with Gasteiger partial charge in [0.15, 0.2) is 17.5 Å². The van der Waals surface area contributed by atoms with Crippen LogP contribution in [0.3, 0.4) is 0 Å². The molecule has 0 bridgehead atoms. The summed E-state index contributed by atoms with van der Waals surface area (Å²) in [6.07, 6.45) is 2.84. The first-order valence-corrected chi connectivity index (χ1v) is 10.8. The molecule has 0 spiro atoms. The minimum absolute atomic E-state index is 0.135. The summed E-state index contributed by atoms with van der Waals surface area (Å²) in [5.74, 6) is 1.99. The number of rotatable bonds is 9. The van der Waals surface area contributed by atoms with Crippen molar-refractivity contribution in [3.63, 3.8) is 0 Å². The molecule has 164 valence electrons. The maximum absolute atomic E-state index is 12.2. The van der Waals surface area contributed by atoms with Gasteiger partial charge in [-0.2, -0.15) is 0 Å². The Balaban J connectivity index is 1.94. The molecule has 9 nitrogen and oxygen atoms in total. The first-order chi connectivity index (χ1) is 14.3. The molecule has 0 saturated carbocycles. The van der Waals surface area contributed by atoms with Gasteiger partial charge in [0.25, 0.3) is 0 Å². The third-order valence-corrected chi connectivity index (χ3v) is 5.91. The van der Waals surface area contributed by atoms with E-state index in [1.54, 1.807) is 27.3 Å². The summed E-state index contributed by atoms with van der Waals surface area (Å²) in [4.78, 5) is 10.2. The van der Waals surface area contributed by atoms with Gasteiger partial charge in [-0.1, -0.05) is 0 Å². The van der Waals surface area contributed by atoms with E-state index in [1.807, 2.05) is 31.0 Å². The average Bonchev–Trinajstić information content (AvgIpc) is 2.75. The molecule has 2 rings (SSSR count). The lowest BCUT2D eigenvalue weighted by Gasteiger charge is -2.23. The van der Waals surface area contributed by atoms with Crippen molar-refractivity contribution in [3.05, 3.63) is 47.8 Å². The van der Waals surface area contributed by atoms with Gasteiger partial charge in [0.05, 0.1) is 14.2 Å². The molecular formula is C20H29N5O4S. The number of nitrogens with zero attached hydrogens (tertiary/aromatic N) is 3. The molecule has 2 aromatic rings. The molecule has 2 N–H and O–H groups in total. The van der Waals surface area contributed by atoms with E-state index in [0.717, 1.165) is 11.1 Å². The van der Waals surface area contributed by atoms with Crippen molar-refractivity contribution >= 4 is 16.0 Å². The Bertz CT molecular complexity index is 965. The van der Waals surface area contributed by atoms with Crippen LogP contribution in [0, 0.1) is 6.92 Å². The molecule has 0 aliphatic heterocycles. The Hall–Kier alpha value is -2.85. The van der Waals surface area contributed by atoms with Crippen LogP contribution in [-0.2, 0) is 16.6 Å². The number of pyridine rings is 1. The monoisotopic (exact) mass is 435 g/mol. The normalized spacial score (nSPS) is 11.8. The summed E-state index contributed by atoms with van der Waals surface area (Å²) < 4.78 is 37.7. The zero-order chi connectivity index (χ0) is 22.1. The maximum atomic E-state index is 12.2. The van der Waals surface area contributed by atoms with Gasteiger partial charge < -0.3 is 19.7 Å². The van der Waals surface area contributed by atoms with Crippen molar-refractivity contribution in [2.24, 2.45) is 4.99 Å². The number of methoxy groups -OCH3 is 2. The van der Waals surface area contributed by atoms with Crippen LogP contribution in [0.15, 0.2) is 46.5 Å². The summed E-state index contributed by atoms with van der Waals surface area (Å²) in [5, 5.41) is 3.16. The number of guanidine groups is 1. The molecule has 0 amide bonds. The molecule has 10 heteroatoms. The summed E-state index contributed by atoms with van der Waals surface area (Å²) >= 11 is 0. The van der Waals surface area contributed by atoms with Gasteiger partial charge in [0, 0.05) is 46.1 Å². The van der Waals surface area contributed by atoms with Crippen LogP contribution in [0.25, 0.3) is 0 Å². The molecule has 0 aliphatic rings. The van der Waals surface area contributed by atoms with E-state index in [-0.39, 0.29) is 11.4 Å². The van der Waals surface area contributed by atoms with Crippen LogP contribution in [0.5, 0.6) is 11.5 Å². The summed E-state index contributed by atoms with van der Waals surface area (Å²) in [6.45, 7) is 3.18. The van der Waals surface area contributed by atoms with E-state index in [0.29, 0.717) is 30.5 Å². The van der Waals surface area contributed by atoms with Gasteiger partial charge in [-0.3, -0.25) is 9.98 Å². The number of aryl methyl sites for hydroxylation is 1. The summed E-state index contributed by atoms with van der Waals surface area (Å²) in [6, 6.07) is 6.96. The molecule has 0 unspecified atom stereocenters. The number of aromatic nitrogens is 1. The molecule has 1 heterocycles. The average molecular weight is 436 g/mol. The standard InChI is InChI=1S/C20H29N5O4S/c1-15-11-18(28-4)19(29-5)12-16(15)14-25(3)20(21-2)23-9-10-24-30(26,27)17-7-6-8-22-13-17/h6-8,11-13,24H,9-10,14H2,1-5H3,(H,21,23). The second-order valence-corrected chi connectivity index (χ2v) is 8.32. The Kier molecular flexibility index (Phi) is 8.43. The molecule has 30 heavy (non-hydrogen) atoms. The van der Waals surface area contributed by atoms with E-state index >= 15 is 0 Å². The van der Waals surface area contributed by atoms with Crippen molar-refractivity contribution in [2.75, 3.05) is 41.4 Å². The Labute approximate surface area is 178 Å². The Morgan fingerprint density at radius 3 is 2.50 bits per heavy atom. The highest BCUT2D eigenvalue weighted by molar-refractivity contribution is 7.89. The van der Waals surface area contributed by atoms with Gasteiger partial charge >= 0.3 is 0 Å². The minimum Gasteiger partial charge on any atom is -0.493 e.